The number of hydrogen-bond acceptors (Lipinski definition) is 1. The van der Waals surface area contributed by atoms with E-state index in [0.717, 1.165) is 11.1 Å². The summed E-state index contributed by atoms with van der Waals surface area (Å²) in [6.45, 7) is 7.48. The maximum absolute atomic E-state index is 12.0. The van der Waals surface area contributed by atoms with Crippen molar-refractivity contribution in [2.45, 2.75) is 33.2 Å². The lowest BCUT2D eigenvalue weighted by Gasteiger charge is -2.20. The van der Waals surface area contributed by atoms with E-state index in [4.69, 9.17) is 6.42 Å². The van der Waals surface area contributed by atoms with E-state index in [-0.39, 0.29) is 5.91 Å². The number of aryl methyl sites for hydroxylation is 2. The molecule has 0 saturated carbocycles. The van der Waals surface area contributed by atoms with E-state index in [1.165, 1.54) is 0 Å². The first-order valence-electron chi connectivity index (χ1n) is 5.23. The van der Waals surface area contributed by atoms with Gasteiger partial charge < -0.3 is 5.32 Å². The molecule has 1 amide bonds. The van der Waals surface area contributed by atoms with Crippen molar-refractivity contribution in [3.05, 3.63) is 34.9 Å². The lowest BCUT2D eigenvalue weighted by Crippen LogP contribution is -2.42. The Hall–Kier alpha value is -1.75. The van der Waals surface area contributed by atoms with Gasteiger partial charge in [0.25, 0.3) is 5.91 Å². The number of amides is 1. The molecular weight excluding hydrogens is 198 g/mol. The molecule has 0 spiro atoms. The van der Waals surface area contributed by atoms with Crippen molar-refractivity contribution in [1.29, 1.82) is 0 Å². The van der Waals surface area contributed by atoms with Crippen molar-refractivity contribution in [2.24, 2.45) is 0 Å². The average Bonchev–Trinajstić information content (AvgIpc) is 2.21. The van der Waals surface area contributed by atoms with Gasteiger partial charge in [-0.3, -0.25) is 4.79 Å². The molecule has 0 unspecified atom stereocenters. The first-order chi connectivity index (χ1) is 7.35. The van der Waals surface area contributed by atoms with Crippen molar-refractivity contribution >= 4 is 5.91 Å². The fraction of sp³-hybridized carbons (Fsp3) is 0.357. The minimum Gasteiger partial charge on any atom is -0.336 e. The molecule has 0 aliphatic heterocycles. The quantitative estimate of drug-likeness (QED) is 0.754. The highest BCUT2D eigenvalue weighted by molar-refractivity contribution is 5.96. The summed E-state index contributed by atoms with van der Waals surface area (Å²) < 4.78 is 0. The van der Waals surface area contributed by atoms with Gasteiger partial charge in [0, 0.05) is 5.56 Å². The molecule has 0 fully saturated rings. The SMILES string of the molecule is C#CC(C)(C)NC(=O)c1cc(C)ccc1C. The molecule has 0 bridgehead atoms. The van der Waals surface area contributed by atoms with Gasteiger partial charge in [-0.25, -0.2) is 0 Å². The Balaban J connectivity index is 2.98. The van der Waals surface area contributed by atoms with E-state index >= 15 is 0 Å². The normalized spacial score (nSPS) is 10.7. The standard InChI is InChI=1S/C14H17NO/c1-6-14(4,5)15-13(16)12-9-10(2)7-8-11(12)3/h1,7-9H,2-5H3,(H,15,16). The Labute approximate surface area is 97.1 Å². The van der Waals surface area contributed by atoms with Gasteiger partial charge >= 0.3 is 0 Å². The van der Waals surface area contributed by atoms with Crippen molar-refractivity contribution in [3.8, 4) is 12.3 Å². The van der Waals surface area contributed by atoms with Crippen LogP contribution in [0, 0.1) is 26.2 Å². The molecule has 84 valence electrons. The predicted octanol–water partition coefficient (Wildman–Crippen LogP) is 2.45. The molecule has 0 saturated heterocycles. The van der Waals surface area contributed by atoms with E-state index in [1.54, 1.807) is 13.8 Å². The minimum atomic E-state index is -0.618. The molecular formula is C14H17NO. The van der Waals surface area contributed by atoms with Crippen LogP contribution in [0.3, 0.4) is 0 Å². The van der Waals surface area contributed by atoms with E-state index in [9.17, 15) is 4.79 Å². The summed E-state index contributed by atoms with van der Waals surface area (Å²) in [5.41, 5.74) is 2.08. The van der Waals surface area contributed by atoms with Crippen LogP contribution in [0.2, 0.25) is 0 Å². The van der Waals surface area contributed by atoms with Gasteiger partial charge in [-0.2, -0.15) is 0 Å². The first kappa shape index (κ1) is 12.3. The molecule has 0 aliphatic carbocycles. The smallest absolute Gasteiger partial charge is 0.252 e. The third-order valence-electron chi connectivity index (χ3n) is 2.42. The van der Waals surface area contributed by atoms with Gasteiger partial charge in [-0.1, -0.05) is 23.6 Å². The van der Waals surface area contributed by atoms with Crippen LogP contribution in [0.5, 0.6) is 0 Å². The van der Waals surface area contributed by atoms with Gasteiger partial charge in [0.05, 0.1) is 5.54 Å². The molecule has 1 aromatic rings. The largest absolute Gasteiger partial charge is 0.336 e. The van der Waals surface area contributed by atoms with Gasteiger partial charge in [-0.05, 0) is 39.3 Å². The number of rotatable bonds is 2. The number of terminal acetylenes is 1. The van der Waals surface area contributed by atoms with E-state index in [2.05, 4.69) is 11.2 Å². The number of carbonyl (C=O) groups is 1. The summed E-state index contributed by atoms with van der Waals surface area (Å²) >= 11 is 0. The van der Waals surface area contributed by atoms with Gasteiger partial charge in [0.2, 0.25) is 0 Å². The summed E-state index contributed by atoms with van der Waals surface area (Å²) in [6, 6.07) is 5.79. The zero-order chi connectivity index (χ0) is 12.3. The average molecular weight is 215 g/mol. The van der Waals surface area contributed by atoms with Crippen LogP contribution in [0.1, 0.15) is 35.3 Å². The third-order valence-corrected chi connectivity index (χ3v) is 2.42. The van der Waals surface area contributed by atoms with Crippen LogP contribution in [-0.4, -0.2) is 11.4 Å². The molecule has 0 atom stereocenters. The van der Waals surface area contributed by atoms with Crippen molar-refractivity contribution < 1.29 is 4.79 Å². The van der Waals surface area contributed by atoms with Crippen LogP contribution in [0.4, 0.5) is 0 Å². The summed E-state index contributed by atoms with van der Waals surface area (Å²) in [4.78, 5) is 12.0. The van der Waals surface area contributed by atoms with Crippen LogP contribution in [0.25, 0.3) is 0 Å². The number of benzene rings is 1. The number of nitrogens with one attached hydrogen (secondary N) is 1. The fourth-order valence-electron chi connectivity index (χ4n) is 1.37. The fourth-order valence-corrected chi connectivity index (χ4v) is 1.37. The lowest BCUT2D eigenvalue weighted by atomic mass is 10.0. The summed E-state index contributed by atoms with van der Waals surface area (Å²) in [5, 5.41) is 2.82. The van der Waals surface area contributed by atoms with E-state index < -0.39 is 5.54 Å². The summed E-state index contributed by atoms with van der Waals surface area (Å²) in [5.74, 6) is 2.42. The Morgan fingerprint density at radius 2 is 2.00 bits per heavy atom. The van der Waals surface area contributed by atoms with Crippen LogP contribution >= 0.6 is 0 Å². The molecule has 1 aromatic carbocycles. The van der Waals surface area contributed by atoms with Crippen molar-refractivity contribution in [1.82, 2.24) is 5.32 Å². The first-order valence-corrected chi connectivity index (χ1v) is 5.23. The highest BCUT2D eigenvalue weighted by Crippen LogP contribution is 2.12. The second-order valence-electron chi connectivity index (χ2n) is 4.54. The number of hydrogen-bond donors (Lipinski definition) is 1. The lowest BCUT2D eigenvalue weighted by molar-refractivity contribution is 0.0929. The Morgan fingerprint density at radius 3 is 2.56 bits per heavy atom. The Kier molecular flexibility index (Phi) is 3.39. The molecule has 0 aliphatic rings. The van der Waals surface area contributed by atoms with Crippen LogP contribution in [0.15, 0.2) is 18.2 Å². The second kappa shape index (κ2) is 4.40. The van der Waals surface area contributed by atoms with E-state index in [0.29, 0.717) is 5.56 Å². The summed E-state index contributed by atoms with van der Waals surface area (Å²) in [7, 11) is 0. The highest BCUT2D eigenvalue weighted by atomic mass is 16.1. The molecule has 1 rings (SSSR count). The monoisotopic (exact) mass is 215 g/mol. The van der Waals surface area contributed by atoms with Gasteiger partial charge in [-0.15, -0.1) is 6.42 Å². The Morgan fingerprint density at radius 1 is 1.38 bits per heavy atom. The third kappa shape index (κ3) is 2.87. The zero-order valence-corrected chi connectivity index (χ0v) is 10.2. The molecule has 0 heterocycles. The molecule has 16 heavy (non-hydrogen) atoms. The molecule has 2 heteroatoms. The van der Waals surface area contributed by atoms with Gasteiger partial charge in [0.15, 0.2) is 0 Å². The zero-order valence-electron chi connectivity index (χ0n) is 10.2. The number of carbonyl (C=O) groups excluding carboxylic acids is 1. The maximum Gasteiger partial charge on any atom is 0.252 e. The van der Waals surface area contributed by atoms with Crippen LogP contribution < -0.4 is 5.32 Å². The van der Waals surface area contributed by atoms with Crippen LogP contribution in [-0.2, 0) is 0 Å². The highest BCUT2D eigenvalue weighted by Gasteiger charge is 2.19. The minimum absolute atomic E-state index is 0.121. The maximum atomic E-state index is 12.0. The summed E-state index contributed by atoms with van der Waals surface area (Å²) in [6.07, 6.45) is 5.34. The molecule has 1 N–H and O–H groups in total. The second-order valence-corrected chi connectivity index (χ2v) is 4.54. The van der Waals surface area contributed by atoms with Crippen molar-refractivity contribution in [2.75, 3.05) is 0 Å². The molecule has 0 radical (unpaired) electrons. The molecule has 0 aromatic heterocycles. The topological polar surface area (TPSA) is 29.1 Å². The predicted molar refractivity (Wildman–Crippen MR) is 66.3 cm³/mol. The Bertz CT molecular complexity index is 452. The molecule has 2 nitrogen and oxygen atoms in total. The van der Waals surface area contributed by atoms with Crippen molar-refractivity contribution in [3.63, 3.8) is 0 Å². The van der Waals surface area contributed by atoms with E-state index in [1.807, 2.05) is 32.0 Å². The van der Waals surface area contributed by atoms with Gasteiger partial charge in [0.1, 0.15) is 0 Å².